The van der Waals surface area contributed by atoms with E-state index < -0.39 is 5.97 Å². The summed E-state index contributed by atoms with van der Waals surface area (Å²) in [5.74, 6) is -0.833. The van der Waals surface area contributed by atoms with Gasteiger partial charge in [0.2, 0.25) is 0 Å². The molecule has 18 heavy (non-hydrogen) atoms. The minimum Gasteiger partial charge on any atom is -0.477 e. The lowest BCUT2D eigenvalue weighted by atomic mass is 10.1. The average molecular weight is 268 g/mol. The third-order valence-corrected chi connectivity index (χ3v) is 4.30. The van der Waals surface area contributed by atoms with Crippen LogP contribution in [-0.4, -0.2) is 34.0 Å². The molecule has 1 aliphatic rings. The first-order valence-electron chi connectivity index (χ1n) is 6.65. The van der Waals surface area contributed by atoms with Gasteiger partial charge >= 0.3 is 5.97 Å². The molecule has 5 heteroatoms. The molecule has 1 N–H and O–H groups in total. The van der Waals surface area contributed by atoms with Gasteiger partial charge in [0.25, 0.3) is 0 Å². The molecule has 1 fully saturated rings. The Morgan fingerprint density at radius 1 is 1.39 bits per heavy atom. The van der Waals surface area contributed by atoms with Crippen molar-refractivity contribution in [1.29, 1.82) is 0 Å². The number of thiazole rings is 1. The summed E-state index contributed by atoms with van der Waals surface area (Å²) in [4.78, 5) is 18.5. The molecule has 1 saturated heterocycles. The first-order valence-corrected chi connectivity index (χ1v) is 7.46. The molecule has 0 saturated carbocycles. The van der Waals surface area contributed by atoms with Gasteiger partial charge in [0.15, 0.2) is 0 Å². The van der Waals surface area contributed by atoms with Crippen LogP contribution in [0.25, 0.3) is 0 Å². The van der Waals surface area contributed by atoms with Gasteiger partial charge < -0.3 is 5.11 Å². The van der Waals surface area contributed by atoms with Gasteiger partial charge in [0.1, 0.15) is 9.88 Å². The predicted molar refractivity (Wildman–Crippen MR) is 72.2 cm³/mol. The van der Waals surface area contributed by atoms with E-state index in [0.29, 0.717) is 4.88 Å². The van der Waals surface area contributed by atoms with Crippen LogP contribution in [-0.2, 0) is 13.0 Å². The molecule has 0 unspecified atom stereocenters. The van der Waals surface area contributed by atoms with Gasteiger partial charge in [-0.05, 0) is 32.4 Å². The topological polar surface area (TPSA) is 53.4 Å². The van der Waals surface area contributed by atoms with Crippen LogP contribution in [0.15, 0.2) is 0 Å². The molecule has 0 aliphatic carbocycles. The van der Waals surface area contributed by atoms with E-state index in [9.17, 15) is 4.79 Å². The van der Waals surface area contributed by atoms with Crippen LogP contribution in [0.1, 0.15) is 53.0 Å². The lowest BCUT2D eigenvalue weighted by Crippen LogP contribution is -2.29. The van der Waals surface area contributed by atoms with Gasteiger partial charge in [-0.3, -0.25) is 4.90 Å². The molecule has 0 radical (unpaired) electrons. The van der Waals surface area contributed by atoms with Gasteiger partial charge in [0, 0.05) is 0 Å². The molecule has 2 heterocycles. The summed E-state index contributed by atoms with van der Waals surface area (Å²) in [6.45, 7) is 5.10. The second kappa shape index (κ2) is 6.29. The number of hydrogen-bond acceptors (Lipinski definition) is 4. The molecule has 2 rings (SSSR count). The molecular weight excluding hydrogens is 248 g/mol. The van der Waals surface area contributed by atoms with Crippen molar-refractivity contribution in [3.05, 3.63) is 15.6 Å². The molecule has 1 aromatic rings. The molecule has 100 valence electrons. The van der Waals surface area contributed by atoms with Gasteiger partial charge in [-0.1, -0.05) is 19.8 Å². The van der Waals surface area contributed by atoms with Crippen molar-refractivity contribution in [2.45, 2.75) is 45.6 Å². The fraction of sp³-hybridized carbons (Fsp3) is 0.692. The van der Waals surface area contributed by atoms with E-state index in [1.54, 1.807) is 0 Å². The molecule has 4 nitrogen and oxygen atoms in total. The summed E-state index contributed by atoms with van der Waals surface area (Å²) in [5.41, 5.74) is 0.766. The summed E-state index contributed by atoms with van der Waals surface area (Å²) in [7, 11) is 0. The van der Waals surface area contributed by atoms with Crippen molar-refractivity contribution in [2.75, 3.05) is 13.1 Å². The van der Waals surface area contributed by atoms with E-state index in [0.717, 1.165) is 43.2 Å². The first kappa shape index (κ1) is 13.5. The fourth-order valence-corrected chi connectivity index (χ4v) is 3.34. The quantitative estimate of drug-likeness (QED) is 0.892. The van der Waals surface area contributed by atoms with Crippen molar-refractivity contribution >= 4 is 17.3 Å². The standard InChI is InChI=1S/C13H20N2O2S/c1-2-6-10-12(13(16)17)18-11(14-10)9-15-7-4-3-5-8-15/h2-9H2,1H3,(H,16,17). The van der Waals surface area contributed by atoms with Crippen molar-refractivity contribution in [3.8, 4) is 0 Å². The van der Waals surface area contributed by atoms with E-state index in [1.807, 2.05) is 0 Å². The molecule has 0 amide bonds. The Labute approximate surface area is 112 Å². The highest BCUT2D eigenvalue weighted by Gasteiger charge is 2.18. The Hall–Kier alpha value is -0.940. The van der Waals surface area contributed by atoms with Crippen LogP contribution in [0.2, 0.25) is 0 Å². The minimum atomic E-state index is -0.833. The van der Waals surface area contributed by atoms with Gasteiger partial charge in [-0.15, -0.1) is 11.3 Å². The van der Waals surface area contributed by atoms with Crippen LogP contribution >= 0.6 is 11.3 Å². The number of aromatic nitrogens is 1. The number of carboxylic acid groups (broad SMARTS) is 1. The summed E-state index contributed by atoms with van der Waals surface area (Å²) in [6.07, 6.45) is 5.51. The predicted octanol–water partition coefficient (Wildman–Crippen LogP) is 2.78. The van der Waals surface area contributed by atoms with Crippen molar-refractivity contribution in [3.63, 3.8) is 0 Å². The number of aromatic carboxylic acids is 1. The SMILES string of the molecule is CCCc1nc(CN2CCCCC2)sc1C(=O)O. The third-order valence-electron chi connectivity index (χ3n) is 3.23. The Morgan fingerprint density at radius 2 is 2.11 bits per heavy atom. The number of rotatable bonds is 5. The zero-order chi connectivity index (χ0) is 13.0. The zero-order valence-corrected chi connectivity index (χ0v) is 11.6. The van der Waals surface area contributed by atoms with Crippen LogP contribution in [0.4, 0.5) is 0 Å². The van der Waals surface area contributed by atoms with Crippen LogP contribution in [0.3, 0.4) is 0 Å². The molecule has 1 aliphatic heterocycles. The highest BCUT2D eigenvalue weighted by atomic mass is 32.1. The molecule has 0 atom stereocenters. The number of nitrogens with zero attached hydrogens (tertiary/aromatic N) is 2. The van der Waals surface area contributed by atoms with Crippen molar-refractivity contribution in [2.24, 2.45) is 0 Å². The smallest absolute Gasteiger partial charge is 0.347 e. The number of likely N-dealkylation sites (tertiary alicyclic amines) is 1. The first-order chi connectivity index (χ1) is 8.70. The van der Waals surface area contributed by atoms with E-state index in [2.05, 4.69) is 16.8 Å². The lowest BCUT2D eigenvalue weighted by Gasteiger charge is -2.25. The maximum atomic E-state index is 11.2. The average Bonchev–Trinajstić information content (AvgIpc) is 2.74. The van der Waals surface area contributed by atoms with Crippen LogP contribution in [0.5, 0.6) is 0 Å². The summed E-state index contributed by atoms with van der Waals surface area (Å²) in [5, 5.41) is 10.1. The largest absolute Gasteiger partial charge is 0.477 e. The van der Waals surface area contributed by atoms with E-state index >= 15 is 0 Å². The van der Waals surface area contributed by atoms with Crippen LogP contribution < -0.4 is 0 Å². The Kier molecular flexibility index (Phi) is 4.72. The Balaban J connectivity index is 2.07. The molecule has 1 aromatic heterocycles. The van der Waals surface area contributed by atoms with Crippen molar-refractivity contribution in [1.82, 2.24) is 9.88 Å². The lowest BCUT2D eigenvalue weighted by molar-refractivity contribution is 0.0700. The van der Waals surface area contributed by atoms with Crippen molar-refractivity contribution < 1.29 is 9.90 Å². The van der Waals surface area contributed by atoms with Gasteiger partial charge in [-0.25, -0.2) is 9.78 Å². The fourth-order valence-electron chi connectivity index (χ4n) is 2.35. The monoisotopic (exact) mass is 268 g/mol. The molecular formula is C13H20N2O2S. The van der Waals surface area contributed by atoms with Crippen LogP contribution in [0, 0.1) is 0 Å². The number of hydrogen-bond donors (Lipinski definition) is 1. The second-order valence-corrected chi connectivity index (χ2v) is 5.86. The van der Waals surface area contributed by atoms with E-state index in [-0.39, 0.29) is 0 Å². The Morgan fingerprint density at radius 3 is 2.72 bits per heavy atom. The highest BCUT2D eigenvalue weighted by molar-refractivity contribution is 7.13. The van der Waals surface area contributed by atoms with E-state index in [4.69, 9.17) is 5.11 Å². The Bertz CT molecular complexity index is 411. The third kappa shape index (κ3) is 3.29. The number of carboxylic acids is 1. The number of carbonyl (C=O) groups is 1. The van der Waals surface area contributed by atoms with Gasteiger partial charge in [0.05, 0.1) is 12.2 Å². The number of piperidine rings is 1. The summed E-state index contributed by atoms with van der Waals surface area (Å²) < 4.78 is 0. The zero-order valence-electron chi connectivity index (χ0n) is 10.8. The highest BCUT2D eigenvalue weighted by Crippen LogP contribution is 2.22. The summed E-state index contributed by atoms with van der Waals surface area (Å²) in [6, 6.07) is 0. The molecule has 0 aromatic carbocycles. The number of aryl methyl sites for hydroxylation is 1. The van der Waals surface area contributed by atoms with E-state index in [1.165, 1.54) is 30.6 Å². The normalized spacial score (nSPS) is 16.9. The van der Waals surface area contributed by atoms with Gasteiger partial charge in [-0.2, -0.15) is 0 Å². The molecule has 0 spiro atoms. The maximum absolute atomic E-state index is 11.2. The minimum absolute atomic E-state index is 0.434. The summed E-state index contributed by atoms with van der Waals surface area (Å²) >= 11 is 1.35. The second-order valence-electron chi connectivity index (χ2n) is 4.78. The maximum Gasteiger partial charge on any atom is 0.347 e. The molecule has 0 bridgehead atoms.